The van der Waals surface area contributed by atoms with E-state index < -0.39 is 0 Å². The summed E-state index contributed by atoms with van der Waals surface area (Å²) in [5, 5.41) is 3.11. The maximum Gasteiger partial charge on any atom is 0.146 e. The van der Waals surface area contributed by atoms with Gasteiger partial charge in [-0.1, -0.05) is 0 Å². The Morgan fingerprint density at radius 3 is 3.00 bits per heavy atom. The summed E-state index contributed by atoms with van der Waals surface area (Å²) >= 11 is 0. The van der Waals surface area contributed by atoms with Crippen LogP contribution >= 0.6 is 0 Å². The summed E-state index contributed by atoms with van der Waals surface area (Å²) in [5.74, 6) is -0.252. The van der Waals surface area contributed by atoms with Crippen LogP contribution in [0.2, 0.25) is 0 Å². The number of ether oxygens (including phenoxy) is 1. The normalized spacial score (nSPS) is 12.7. The Morgan fingerprint density at radius 2 is 2.38 bits per heavy atom. The molecule has 0 saturated carbocycles. The van der Waals surface area contributed by atoms with E-state index in [1.807, 2.05) is 14.0 Å². The third-order valence-corrected chi connectivity index (χ3v) is 2.51. The van der Waals surface area contributed by atoms with Crippen molar-refractivity contribution in [2.45, 2.75) is 25.8 Å². The molecule has 4 heteroatoms. The van der Waals surface area contributed by atoms with Crippen LogP contribution < -0.4 is 5.32 Å². The van der Waals surface area contributed by atoms with E-state index in [1.165, 1.54) is 6.20 Å². The van der Waals surface area contributed by atoms with Gasteiger partial charge in [-0.2, -0.15) is 0 Å². The lowest BCUT2D eigenvalue weighted by atomic mass is 10.0. The van der Waals surface area contributed by atoms with Crippen LogP contribution in [0.5, 0.6) is 0 Å². The van der Waals surface area contributed by atoms with Gasteiger partial charge in [-0.3, -0.25) is 4.98 Å². The summed E-state index contributed by atoms with van der Waals surface area (Å²) in [5.41, 5.74) is 0.675. The van der Waals surface area contributed by atoms with Crippen molar-refractivity contribution in [3.63, 3.8) is 0 Å². The smallest absolute Gasteiger partial charge is 0.146 e. The highest BCUT2D eigenvalue weighted by atomic mass is 19.1. The van der Waals surface area contributed by atoms with Crippen molar-refractivity contribution in [2.75, 3.05) is 20.3 Å². The molecule has 0 aliphatic heterocycles. The fourth-order valence-electron chi connectivity index (χ4n) is 1.66. The highest BCUT2D eigenvalue weighted by molar-refractivity contribution is 5.17. The molecule has 1 rings (SSSR count). The number of nitrogens with zero attached hydrogens (tertiary/aromatic N) is 1. The van der Waals surface area contributed by atoms with Gasteiger partial charge in [0.2, 0.25) is 0 Å². The van der Waals surface area contributed by atoms with Gasteiger partial charge in [0, 0.05) is 31.0 Å². The molecule has 90 valence electrons. The molecule has 1 unspecified atom stereocenters. The van der Waals surface area contributed by atoms with E-state index in [-0.39, 0.29) is 11.9 Å². The van der Waals surface area contributed by atoms with Gasteiger partial charge in [0.25, 0.3) is 0 Å². The first kappa shape index (κ1) is 13.1. The van der Waals surface area contributed by atoms with Crippen LogP contribution in [-0.4, -0.2) is 25.2 Å². The fourth-order valence-corrected chi connectivity index (χ4v) is 1.66. The molecule has 1 aromatic heterocycles. The average molecular weight is 226 g/mol. The van der Waals surface area contributed by atoms with Gasteiger partial charge in [0.15, 0.2) is 0 Å². The second-order valence-electron chi connectivity index (χ2n) is 3.58. The molecule has 0 aliphatic carbocycles. The van der Waals surface area contributed by atoms with E-state index in [1.54, 1.807) is 12.3 Å². The molecule has 0 aromatic carbocycles. The lowest BCUT2D eigenvalue weighted by molar-refractivity contribution is 0.141. The van der Waals surface area contributed by atoms with Crippen molar-refractivity contribution < 1.29 is 9.13 Å². The number of halogens is 1. The Labute approximate surface area is 96.0 Å². The van der Waals surface area contributed by atoms with Crippen LogP contribution in [0.15, 0.2) is 18.5 Å². The highest BCUT2D eigenvalue weighted by Crippen LogP contribution is 2.20. The second kappa shape index (κ2) is 7.30. The van der Waals surface area contributed by atoms with Gasteiger partial charge in [-0.25, -0.2) is 4.39 Å². The Bertz CT molecular complexity index is 307. The summed E-state index contributed by atoms with van der Waals surface area (Å²) in [4.78, 5) is 3.74. The lowest BCUT2D eigenvalue weighted by Crippen LogP contribution is -2.18. The molecular weight excluding hydrogens is 207 g/mol. The fraction of sp³-hybridized carbons (Fsp3) is 0.583. The minimum Gasteiger partial charge on any atom is -0.382 e. The molecule has 16 heavy (non-hydrogen) atoms. The summed E-state index contributed by atoms with van der Waals surface area (Å²) in [6.07, 6.45) is 4.64. The Hall–Kier alpha value is -1.00. The van der Waals surface area contributed by atoms with Crippen molar-refractivity contribution in [3.05, 3.63) is 29.8 Å². The molecule has 0 amide bonds. The number of pyridine rings is 1. The number of rotatable bonds is 7. The van der Waals surface area contributed by atoms with Crippen molar-refractivity contribution in [1.82, 2.24) is 10.3 Å². The minimum absolute atomic E-state index is 0.0310. The average Bonchev–Trinajstić information content (AvgIpc) is 2.31. The standard InChI is InChI=1S/C12H19FN2O/c1-3-16-8-4-5-12(14-2)10-6-7-15-9-11(10)13/h6-7,9,12,14H,3-5,8H2,1-2H3. The first-order valence-corrected chi connectivity index (χ1v) is 5.64. The van der Waals surface area contributed by atoms with Gasteiger partial charge in [-0.15, -0.1) is 0 Å². The van der Waals surface area contributed by atoms with E-state index in [2.05, 4.69) is 10.3 Å². The van der Waals surface area contributed by atoms with E-state index in [0.29, 0.717) is 5.56 Å². The quantitative estimate of drug-likeness (QED) is 0.724. The predicted molar refractivity (Wildman–Crippen MR) is 61.7 cm³/mol. The summed E-state index contributed by atoms with van der Waals surface area (Å²) < 4.78 is 18.7. The van der Waals surface area contributed by atoms with Crippen LogP contribution in [0.1, 0.15) is 31.4 Å². The minimum atomic E-state index is -0.252. The van der Waals surface area contributed by atoms with E-state index in [0.717, 1.165) is 26.1 Å². The molecule has 0 radical (unpaired) electrons. The zero-order chi connectivity index (χ0) is 11.8. The zero-order valence-electron chi connectivity index (χ0n) is 9.87. The van der Waals surface area contributed by atoms with Crippen molar-refractivity contribution in [1.29, 1.82) is 0 Å². The summed E-state index contributed by atoms with van der Waals surface area (Å²) in [6.45, 7) is 3.42. The van der Waals surface area contributed by atoms with Crippen molar-refractivity contribution >= 4 is 0 Å². The van der Waals surface area contributed by atoms with Crippen LogP contribution in [0.4, 0.5) is 4.39 Å². The maximum absolute atomic E-state index is 13.5. The lowest BCUT2D eigenvalue weighted by Gasteiger charge is -2.16. The molecule has 3 nitrogen and oxygen atoms in total. The van der Waals surface area contributed by atoms with Crippen molar-refractivity contribution in [2.24, 2.45) is 0 Å². The SMILES string of the molecule is CCOCCCC(NC)c1ccncc1F. The maximum atomic E-state index is 13.5. The first-order chi connectivity index (χ1) is 7.79. The number of hydrogen-bond donors (Lipinski definition) is 1. The van der Waals surface area contributed by atoms with Gasteiger partial charge in [-0.05, 0) is 32.9 Å². The molecule has 0 spiro atoms. The summed E-state index contributed by atoms with van der Waals surface area (Å²) in [6, 6.07) is 1.75. The van der Waals surface area contributed by atoms with Gasteiger partial charge < -0.3 is 10.1 Å². The Kier molecular flexibility index (Phi) is 5.96. The van der Waals surface area contributed by atoms with Crippen molar-refractivity contribution in [3.8, 4) is 0 Å². The second-order valence-corrected chi connectivity index (χ2v) is 3.58. The van der Waals surface area contributed by atoms with Gasteiger partial charge in [0.05, 0.1) is 6.20 Å². The van der Waals surface area contributed by atoms with Crippen LogP contribution in [-0.2, 0) is 4.74 Å². The predicted octanol–water partition coefficient (Wildman–Crippen LogP) is 2.30. The first-order valence-electron chi connectivity index (χ1n) is 5.64. The zero-order valence-corrected chi connectivity index (χ0v) is 9.87. The van der Waals surface area contributed by atoms with E-state index >= 15 is 0 Å². The Morgan fingerprint density at radius 1 is 1.56 bits per heavy atom. The topological polar surface area (TPSA) is 34.1 Å². The number of nitrogens with one attached hydrogen (secondary N) is 1. The highest BCUT2D eigenvalue weighted by Gasteiger charge is 2.12. The van der Waals surface area contributed by atoms with Crippen LogP contribution in [0.3, 0.4) is 0 Å². The molecule has 1 N–H and O–H groups in total. The third kappa shape index (κ3) is 3.87. The molecule has 0 bridgehead atoms. The number of hydrogen-bond acceptors (Lipinski definition) is 3. The van der Waals surface area contributed by atoms with E-state index in [4.69, 9.17) is 4.74 Å². The van der Waals surface area contributed by atoms with Gasteiger partial charge in [0.1, 0.15) is 5.82 Å². The molecular formula is C12H19FN2O. The number of aromatic nitrogens is 1. The third-order valence-electron chi connectivity index (χ3n) is 2.51. The molecule has 0 aliphatic rings. The monoisotopic (exact) mass is 226 g/mol. The largest absolute Gasteiger partial charge is 0.382 e. The molecule has 1 heterocycles. The molecule has 1 atom stereocenters. The van der Waals surface area contributed by atoms with Gasteiger partial charge >= 0.3 is 0 Å². The molecule has 0 fully saturated rings. The Balaban J connectivity index is 2.51. The van der Waals surface area contributed by atoms with E-state index in [9.17, 15) is 4.39 Å². The molecule has 0 saturated heterocycles. The van der Waals surface area contributed by atoms with Crippen LogP contribution in [0, 0.1) is 5.82 Å². The summed E-state index contributed by atoms with van der Waals surface area (Å²) in [7, 11) is 1.84. The molecule has 1 aromatic rings. The van der Waals surface area contributed by atoms with Crippen LogP contribution in [0.25, 0.3) is 0 Å².